The highest BCUT2D eigenvalue weighted by atomic mass is 32.2. The first-order valence-corrected chi connectivity index (χ1v) is 10.4. The van der Waals surface area contributed by atoms with E-state index in [1.807, 2.05) is 36.4 Å². The first-order chi connectivity index (χ1) is 12.8. The van der Waals surface area contributed by atoms with Crippen molar-refractivity contribution in [3.63, 3.8) is 0 Å². The molecule has 0 bridgehead atoms. The van der Waals surface area contributed by atoms with Gasteiger partial charge in [-0.25, -0.2) is 17.9 Å². The van der Waals surface area contributed by atoms with Crippen molar-refractivity contribution < 1.29 is 17.9 Å². The van der Waals surface area contributed by atoms with Gasteiger partial charge in [-0.1, -0.05) is 36.4 Å². The fourth-order valence-corrected chi connectivity index (χ4v) is 4.03. The molecule has 6 nitrogen and oxygen atoms in total. The SMILES string of the molecule is COC(=O)c1ccc(CNCc2ccc(CS(=O)(=O)NC(C)C)cc2)cc1. The molecule has 2 aromatic rings. The van der Waals surface area contributed by atoms with Crippen molar-refractivity contribution in [1.29, 1.82) is 0 Å². The van der Waals surface area contributed by atoms with E-state index in [0.717, 1.165) is 16.7 Å². The summed E-state index contributed by atoms with van der Waals surface area (Å²) in [5.74, 6) is -0.369. The van der Waals surface area contributed by atoms with Gasteiger partial charge in [0, 0.05) is 19.1 Å². The Morgan fingerprint density at radius 2 is 1.41 bits per heavy atom. The first kappa shape index (κ1) is 21.1. The molecule has 2 rings (SSSR count). The predicted molar refractivity (Wildman–Crippen MR) is 106 cm³/mol. The van der Waals surface area contributed by atoms with Crippen LogP contribution in [0.25, 0.3) is 0 Å². The zero-order chi connectivity index (χ0) is 19.9. The van der Waals surface area contributed by atoms with Crippen LogP contribution < -0.4 is 10.0 Å². The second-order valence-electron chi connectivity index (χ2n) is 6.64. The van der Waals surface area contributed by atoms with E-state index in [1.165, 1.54) is 7.11 Å². The molecule has 0 amide bonds. The van der Waals surface area contributed by atoms with Crippen LogP contribution in [0.15, 0.2) is 48.5 Å². The summed E-state index contributed by atoms with van der Waals surface area (Å²) in [6, 6.07) is 14.7. The first-order valence-electron chi connectivity index (χ1n) is 8.75. The van der Waals surface area contributed by atoms with Gasteiger partial charge in [0.05, 0.1) is 18.4 Å². The van der Waals surface area contributed by atoms with Crippen LogP contribution in [-0.4, -0.2) is 27.5 Å². The van der Waals surface area contributed by atoms with Crippen molar-refractivity contribution in [2.24, 2.45) is 0 Å². The van der Waals surface area contributed by atoms with Crippen molar-refractivity contribution in [1.82, 2.24) is 10.0 Å². The number of hydrogen-bond donors (Lipinski definition) is 2. The number of methoxy groups -OCH3 is 1. The van der Waals surface area contributed by atoms with Gasteiger partial charge in [-0.3, -0.25) is 0 Å². The third-order valence-electron chi connectivity index (χ3n) is 3.83. The van der Waals surface area contributed by atoms with Gasteiger partial charge in [-0.15, -0.1) is 0 Å². The molecule has 0 saturated heterocycles. The van der Waals surface area contributed by atoms with Crippen LogP contribution in [0.4, 0.5) is 0 Å². The van der Waals surface area contributed by atoms with Crippen LogP contribution in [0.3, 0.4) is 0 Å². The summed E-state index contributed by atoms with van der Waals surface area (Å²) in [4.78, 5) is 11.4. The highest BCUT2D eigenvalue weighted by Gasteiger charge is 2.12. The maximum Gasteiger partial charge on any atom is 0.337 e. The van der Waals surface area contributed by atoms with E-state index >= 15 is 0 Å². The Labute approximate surface area is 161 Å². The van der Waals surface area contributed by atoms with Gasteiger partial charge in [0.1, 0.15) is 0 Å². The predicted octanol–water partition coefficient (Wildman–Crippen LogP) is 2.59. The lowest BCUT2D eigenvalue weighted by molar-refractivity contribution is 0.0600. The minimum atomic E-state index is -3.31. The summed E-state index contributed by atoms with van der Waals surface area (Å²) in [5.41, 5.74) is 3.41. The maximum atomic E-state index is 12.0. The molecule has 0 saturated carbocycles. The summed E-state index contributed by atoms with van der Waals surface area (Å²) in [7, 11) is -1.95. The zero-order valence-corrected chi connectivity index (χ0v) is 16.7. The maximum absolute atomic E-state index is 12.0. The molecule has 2 aromatic carbocycles. The summed E-state index contributed by atoms with van der Waals surface area (Å²) in [6.07, 6.45) is 0. The molecular weight excluding hydrogens is 364 g/mol. The number of esters is 1. The van der Waals surface area contributed by atoms with Crippen molar-refractivity contribution in [2.45, 2.75) is 38.7 Å². The Morgan fingerprint density at radius 1 is 0.926 bits per heavy atom. The van der Waals surface area contributed by atoms with E-state index in [4.69, 9.17) is 0 Å². The highest BCUT2D eigenvalue weighted by molar-refractivity contribution is 7.88. The third kappa shape index (κ3) is 7.13. The fraction of sp³-hybridized carbons (Fsp3) is 0.350. The van der Waals surface area contributed by atoms with E-state index in [9.17, 15) is 13.2 Å². The van der Waals surface area contributed by atoms with Gasteiger partial charge < -0.3 is 10.1 Å². The molecule has 0 unspecified atom stereocenters. The number of carbonyl (C=O) groups excluding carboxylic acids is 1. The van der Waals surface area contributed by atoms with Crippen molar-refractivity contribution in [2.75, 3.05) is 7.11 Å². The molecule has 0 atom stereocenters. The smallest absolute Gasteiger partial charge is 0.337 e. The van der Waals surface area contributed by atoms with E-state index in [0.29, 0.717) is 18.7 Å². The Balaban J connectivity index is 1.84. The molecule has 0 heterocycles. The third-order valence-corrected chi connectivity index (χ3v) is 5.37. The average Bonchev–Trinajstić information content (AvgIpc) is 2.61. The molecule has 0 fully saturated rings. The van der Waals surface area contributed by atoms with Gasteiger partial charge in [0.15, 0.2) is 0 Å². The Hall–Kier alpha value is -2.22. The molecule has 0 radical (unpaired) electrons. The minimum Gasteiger partial charge on any atom is -0.465 e. The lowest BCUT2D eigenvalue weighted by Gasteiger charge is -2.10. The summed E-state index contributed by atoms with van der Waals surface area (Å²) >= 11 is 0. The molecule has 7 heteroatoms. The van der Waals surface area contributed by atoms with Crippen molar-refractivity contribution >= 4 is 16.0 Å². The normalized spacial score (nSPS) is 11.6. The molecule has 0 aromatic heterocycles. The molecule has 146 valence electrons. The monoisotopic (exact) mass is 390 g/mol. The van der Waals surface area contributed by atoms with Gasteiger partial charge in [-0.05, 0) is 42.7 Å². The number of rotatable bonds is 9. The van der Waals surface area contributed by atoms with Crippen LogP contribution in [0.5, 0.6) is 0 Å². The second kappa shape index (κ2) is 9.64. The Bertz CT molecular complexity index is 845. The van der Waals surface area contributed by atoms with Crippen LogP contribution in [0, 0.1) is 0 Å². The highest BCUT2D eigenvalue weighted by Crippen LogP contribution is 2.09. The number of benzene rings is 2. The summed E-state index contributed by atoms with van der Waals surface area (Å²) in [6.45, 7) is 4.93. The topological polar surface area (TPSA) is 84.5 Å². The number of ether oxygens (including phenoxy) is 1. The average molecular weight is 391 g/mol. The van der Waals surface area contributed by atoms with Crippen LogP contribution >= 0.6 is 0 Å². The molecule has 0 aliphatic heterocycles. The quantitative estimate of drug-likeness (QED) is 0.643. The molecule has 0 aliphatic carbocycles. The summed E-state index contributed by atoms with van der Waals surface area (Å²) in [5, 5.41) is 3.33. The van der Waals surface area contributed by atoms with Crippen molar-refractivity contribution in [3.8, 4) is 0 Å². The number of nitrogens with one attached hydrogen (secondary N) is 2. The standard InChI is InChI=1S/C20H26N2O4S/c1-15(2)22-27(24,25)14-18-6-4-16(5-7-18)12-21-13-17-8-10-19(11-9-17)20(23)26-3/h4-11,15,21-22H,12-14H2,1-3H3. The molecular formula is C20H26N2O4S. The lowest BCUT2D eigenvalue weighted by atomic mass is 10.1. The summed E-state index contributed by atoms with van der Waals surface area (Å²) < 4.78 is 31.2. The largest absolute Gasteiger partial charge is 0.465 e. The van der Waals surface area contributed by atoms with Gasteiger partial charge in [0.25, 0.3) is 0 Å². The molecule has 0 spiro atoms. The Morgan fingerprint density at radius 3 is 1.89 bits per heavy atom. The second-order valence-corrected chi connectivity index (χ2v) is 8.39. The van der Waals surface area contributed by atoms with E-state index in [1.54, 1.807) is 26.0 Å². The van der Waals surface area contributed by atoms with Crippen LogP contribution in [0.2, 0.25) is 0 Å². The van der Waals surface area contributed by atoms with E-state index < -0.39 is 10.0 Å². The number of carbonyl (C=O) groups is 1. The van der Waals surface area contributed by atoms with Gasteiger partial charge >= 0.3 is 5.97 Å². The van der Waals surface area contributed by atoms with E-state index in [2.05, 4.69) is 14.8 Å². The van der Waals surface area contributed by atoms with Crippen LogP contribution in [0.1, 0.15) is 40.9 Å². The lowest BCUT2D eigenvalue weighted by Crippen LogP contribution is -2.31. The van der Waals surface area contributed by atoms with E-state index in [-0.39, 0.29) is 17.8 Å². The van der Waals surface area contributed by atoms with Crippen molar-refractivity contribution in [3.05, 3.63) is 70.8 Å². The van der Waals surface area contributed by atoms with Gasteiger partial charge in [-0.2, -0.15) is 0 Å². The molecule has 2 N–H and O–H groups in total. The molecule has 27 heavy (non-hydrogen) atoms. The number of sulfonamides is 1. The zero-order valence-electron chi connectivity index (χ0n) is 15.9. The molecule has 0 aliphatic rings. The number of hydrogen-bond acceptors (Lipinski definition) is 5. The fourth-order valence-electron chi connectivity index (χ4n) is 2.60. The van der Waals surface area contributed by atoms with Gasteiger partial charge in [0.2, 0.25) is 10.0 Å². The van der Waals surface area contributed by atoms with Crippen LogP contribution in [-0.2, 0) is 33.6 Å². The minimum absolute atomic E-state index is 0.0224. The Kier molecular flexibility index (Phi) is 7.53.